The maximum absolute atomic E-state index is 12.9. The van der Waals surface area contributed by atoms with Gasteiger partial charge in [-0.2, -0.15) is 0 Å². The van der Waals surface area contributed by atoms with E-state index in [0.29, 0.717) is 11.9 Å². The van der Waals surface area contributed by atoms with E-state index in [4.69, 9.17) is 0 Å². The third-order valence-electron chi connectivity index (χ3n) is 5.40. The van der Waals surface area contributed by atoms with Crippen LogP contribution in [-0.2, 0) is 17.9 Å². The Bertz CT molecular complexity index is 711. The van der Waals surface area contributed by atoms with Crippen molar-refractivity contribution in [3.8, 4) is 0 Å². The first kappa shape index (κ1) is 15.9. The highest BCUT2D eigenvalue weighted by atomic mass is 32.1. The maximum Gasteiger partial charge on any atom is 0.227 e. The van der Waals surface area contributed by atoms with Crippen molar-refractivity contribution in [2.45, 2.75) is 38.9 Å². The predicted octanol–water partition coefficient (Wildman–Crippen LogP) is 3.68. The molecule has 3 aliphatic rings. The van der Waals surface area contributed by atoms with Gasteiger partial charge in [0.1, 0.15) is 0 Å². The van der Waals surface area contributed by atoms with Gasteiger partial charge in [-0.15, -0.1) is 11.3 Å². The summed E-state index contributed by atoms with van der Waals surface area (Å²) in [5.74, 6) is 0.535. The summed E-state index contributed by atoms with van der Waals surface area (Å²) in [5, 5.41) is 2.17. The quantitative estimate of drug-likeness (QED) is 0.848. The van der Waals surface area contributed by atoms with Gasteiger partial charge < -0.3 is 4.90 Å². The average Bonchev–Trinajstić information content (AvgIpc) is 2.81. The molecule has 2 aromatic rings. The molecule has 0 spiro atoms. The Hall–Kier alpha value is -1.65. The van der Waals surface area contributed by atoms with Crippen LogP contribution in [0.5, 0.6) is 0 Å². The number of fused-ring (bicyclic) bond motifs is 4. The fraction of sp³-hybridized carbons (Fsp3) is 0.450. The number of nitrogens with zero attached hydrogens (tertiary/aromatic N) is 2. The van der Waals surface area contributed by atoms with E-state index in [9.17, 15) is 4.79 Å². The van der Waals surface area contributed by atoms with Gasteiger partial charge in [-0.05, 0) is 42.3 Å². The Morgan fingerprint density at radius 3 is 2.67 bits per heavy atom. The van der Waals surface area contributed by atoms with Crippen molar-refractivity contribution in [1.82, 2.24) is 9.80 Å². The molecule has 0 unspecified atom stereocenters. The van der Waals surface area contributed by atoms with Crippen molar-refractivity contribution in [1.29, 1.82) is 0 Å². The second-order valence-corrected chi connectivity index (χ2v) is 8.10. The number of rotatable bonds is 4. The summed E-state index contributed by atoms with van der Waals surface area (Å²) in [6.07, 6.45) is 2.19. The monoisotopic (exact) mass is 340 g/mol. The third-order valence-corrected chi connectivity index (χ3v) is 6.41. The smallest absolute Gasteiger partial charge is 0.227 e. The summed E-state index contributed by atoms with van der Waals surface area (Å²) in [6.45, 7) is 5.85. The molecule has 3 nitrogen and oxygen atoms in total. The summed E-state index contributed by atoms with van der Waals surface area (Å²) in [7, 11) is 0. The van der Waals surface area contributed by atoms with E-state index in [1.807, 2.05) is 17.4 Å². The van der Waals surface area contributed by atoms with Gasteiger partial charge in [-0.3, -0.25) is 9.69 Å². The van der Waals surface area contributed by atoms with Gasteiger partial charge in [0.25, 0.3) is 0 Å². The molecule has 1 aromatic heterocycles. The van der Waals surface area contributed by atoms with Crippen molar-refractivity contribution in [2.75, 3.05) is 13.1 Å². The van der Waals surface area contributed by atoms with Crippen molar-refractivity contribution in [3.63, 3.8) is 0 Å². The molecule has 2 bridgehead atoms. The van der Waals surface area contributed by atoms with Crippen LogP contribution < -0.4 is 0 Å². The molecule has 5 rings (SSSR count). The molecule has 4 heteroatoms. The Labute approximate surface area is 147 Å². The lowest BCUT2D eigenvalue weighted by Crippen LogP contribution is -2.47. The zero-order valence-electron chi connectivity index (χ0n) is 14.1. The molecule has 3 fully saturated rings. The summed E-state index contributed by atoms with van der Waals surface area (Å²) >= 11 is 1.84. The molecule has 1 amide bonds. The molecule has 24 heavy (non-hydrogen) atoms. The van der Waals surface area contributed by atoms with Gasteiger partial charge in [-0.25, -0.2) is 0 Å². The van der Waals surface area contributed by atoms with Crippen LogP contribution in [0.2, 0.25) is 0 Å². The Morgan fingerprint density at radius 1 is 1.08 bits per heavy atom. The first-order chi connectivity index (χ1) is 11.7. The van der Waals surface area contributed by atoms with E-state index < -0.39 is 0 Å². The molecule has 4 heterocycles. The number of hydrogen-bond acceptors (Lipinski definition) is 3. The van der Waals surface area contributed by atoms with Crippen LogP contribution in [0, 0.1) is 12.8 Å². The highest BCUT2D eigenvalue weighted by Crippen LogP contribution is 2.31. The largest absolute Gasteiger partial charge is 0.334 e. The minimum atomic E-state index is 0.174. The molecule has 0 radical (unpaired) electrons. The molecule has 126 valence electrons. The topological polar surface area (TPSA) is 23.6 Å². The molecule has 1 aromatic carbocycles. The van der Waals surface area contributed by atoms with Gasteiger partial charge in [0.2, 0.25) is 5.91 Å². The van der Waals surface area contributed by atoms with Crippen molar-refractivity contribution >= 4 is 17.2 Å². The Kier molecular flexibility index (Phi) is 4.42. The number of hydrogen-bond donors (Lipinski definition) is 0. The molecule has 0 saturated carbocycles. The number of carbonyl (C=O) groups excluding carboxylic acids is 1. The van der Waals surface area contributed by atoms with Crippen molar-refractivity contribution < 1.29 is 4.79 Å². The van der Waals surface area contributed by atoms with Gasteiger partial charge in [0, 0.05) is 37.1 Å². The minimum Gasteiger partial charge on any atom is -0.334 e. The fourth-order valence-electron chi connectivity index (χ4n) is 4.02. The molecular weight excluding hydrogens is 316 g/mol. The average molecular weight is 340 g/mol. The van der Waals surface area contributed by atoms with Crippen LogP contribution in [0.4, 0.5) is 0 Å². The summed E-state index contributed by atoms with van der Waals surface area (Å²) in [5.41, 5.74) is 2.61. The number of piperidine rings is 1. The van der Waals surface area contributed by atoms with E-state index in [-0.39, 0.29) is 5.92 Å². The molecule has 0 N–H and O–H groups in total. The lowest BCUT2D eigenvalue weighted by atomic mass is 9.93. The number of benzene rings is 1. The van der Waals surface area contributed by atoms with Crippen LogP contribution in [0.3, 0.4) is 0 Å². The minimum absolute atomic E-state index is 0.174. The zero-order chi connectivity index (χ0) is 16.5. The predicted molar refractivity (Wildman–Crippen MR) is 97.8 cm³/mol. The van der Waals surface area contributed by atoms with Crippen LogP contribution in [0.25, 0.3) is 0 Å². The number of carbonyl (C=O) groups is 1. The van der Waals surface area contributed by atoms with Crippen molar-refractivity contribution in [2.24, 2.45) is 5.92 Å². The third kappa shape index (κ3) is 3.13. The Balaban J connectivity index is 1.51. The SMILES string of the molecule is Cc1ccsc1CN1C[C@H]2CC[C@@H](C1)N(Cc1ccccc1)C2=O. The fourth-order valence-corrected chi connectivity index (χ4v) is 4.96. The normalized spacial score (nSPS) is 24.4. The number of thiophene rings is 1. The molecular formula is C20H24N2OS. The van der Waals surface area contributed by atoms with E-state index >= 15 is 0 Å². The summed E-state index contributed by atoms with van der Waals surface area (Å²) in [4.78, 5) is 19.0. The van der Waals surface area contributed by atoms with E-state index in [1.165, 1.54) is 16.0 Å². The molecule has 3 aliphatic heterocycles. The maximum atomic E-state index is 12.9. The molecule has 2 atom stereocenters. The second kappa shape index (κ2) is 6.69. The Morgan fingerprint density at radius 2 is 1.92 bits per heavy atom. The van der Waals surface area contributed by atoms with Crippen molar-refractivity contribution in [3.05, 3.63) is 57.8 Å². The van der Waals surface area contributed by atoms with Crippen LogP contribution in [-0.4, -0.2) is 34.8 Å². The second-order valence-electron chi connectivity index (χ2n) is 7.10. The van der Waals surface area contributed by atoms with Crippen LogP contribution in [0.15, 0.2) is 41.8 Å². The summed E-state index contributed by atoms with van der Waals surface area (Å²) in [6, 6.07) is 12.9. The van der Waals surface area contributed by atoms with Gasteiger partial charge >= 0.3 is 0 Å². The van der Waals surface area contributed by atoms with Gasteiger partial charge in [0.15, 0.2) is 0 Å². The van der Waals surface area contributed by atoms with E-state index in [2.05, 4.69) is 52.4 Å². The van der Waals surface area contributed by atoms with Gasteiger partial charge in [0.05, 0.1) is 5.92 Å². The van der Waals surface area contributed by atoms with Crippen LogP contribution in [0.1, 0.15) is 28.8 Å². The number of amides is 1. The molecule has 3 saturated heterocycles. The lowest BCUT2D eigenvalue weighted by Gasteiger charge is -2.36. The first-order valence-corrected chi connectivity index (χ1v) is 9.68. The van der Waals surface area contributed by atoms with E-state index in [1.54, 1.807) is 0 Å². The zero-order valence-corrected chi connectivity index (χ0v) is 15.0. The number of aryl methyl sites for hydroxylation is 1. The highest BCUT2D eigenvalue weighted by molar-refractivity contribution is 7.10. The van der Waals surface area contributed by atoms with E-state index in [0.717, 1.165) is 39.0 Å². The first-order valence-electron chi connectivity index (χ1n) is 8.80. The standard InChI is InChI=1S/C20H24N2OS/c1-15-9-10-24-19(15)14-21-12-17-7-8-18(13-21)22(20(17)23)11-16-5-3-2-4-6-16/h2-6,9-10,17-18H,7-8,11-14H2,1H3/t17-,18+/m1/s1. The summed E-state index contributed by atoms with van der Waals surface area (Å²) < 4.78 is 0. The molecule has 0 aliphatic carbocycles. The van der Waals surface area contributed by atoms with Crippen LogP contribution >= 0.6 is 11.3 Å². The van der Waals surface area contributed by atoms with Gasteiger partial charge in [-0.1, -0.05) is 30.3 Å². The lowest BCUT2D eigenvalue weighted by molar-refractivity contribution is -0.140. The highest BCUT2D eigenvalue weighted by Gasteiger charge is 2.40.